The average Bonchev–Trinajstić information content (AvgIpc) is 3.03. The van der Waals surface area contributed by atoms with Crippen molar-refractivity contribution in [1.82, 2.24) is 0 Å². The second-order valence-electron chi connectivity index (χ2n) is 6.80. The number of hydrogen-bond donors (Lipinski definition) is 1. The molecule has 0 bridgehead atoms. The summed E-state index contributed by atoms with van der Waals surface area (Å²) in [6, 6.07) is 8.73. The molecule has 0 radical (unpaired) electrons. The van der Waals surface area contributed by atoms with Crippen molar-refractivity contribution >= 4 is 37.1 Å². The van der Waals surface area contributed by atoms with Crippen LogP contribution < -0.4 is 5.32 Å². The van der Waals surface area contributed by atoms with E-state index in [4.69, 9.17) is 0 Å². The second-order valence-corrected chi connectivity index (χ2v) is 11.3. The maximum absolute atomic E-state index is 14.2. The van der Waals surface area contributed by atoms with Crippen molar-refractivity contribution in [3.05, 3.63) is 59.4 Å². The Hall–Kier alpha value is -2.59. The number of nitrogens with one attached hydrogen (secondary N) is 1. The van der Waals surface area contributed by atoms with Gasteiger partial charge in [-0.15, -0.1) is 0 Å². The van der Waals surface area contributed by atoms with Gasteiger partial charge in [-0.05, 0) is 55.8 Å². The smallest absolute Gasteiger partial charge is 0.258 e. The maximum atomic E-state index is 14.2. The summed E-state index contributed by atoms with van der Waals surface area (Å²) in [7, 11) is -7.46. The third kappa shape index (κ3) is 4.54. The van der Waals surface area contributed by atoms with Gasteiger partial charge in [-0.2, -0.15) is 0 Å². The van der Waals surface area contributed by atoms with E-state index in [9.17, 15) is 30.8 Å². The molecule has 1 unspecified atom stereocenters. The Kier molecular flexibility index (Phi) is 5.59. The highest BCUT2D eigenvalue weighted by Gasteiger charge is 2.38. The van der Waals surface area contributed by atoms with Crippen LogP contribution in [0.3, 0.4) is 0 Å². The fourth-order valence-corrected chi connectivity index (χ4v) is 7.42. The maximum Gasteiger partial charge on any atom is 0.258 e. The number of sulfone groups is 2. The SMILES string of the molecule is CC(=O)c1ccc(NC(=O)c2cc(S(=O)(=O)C3CCS(=O)(=O)C3)ccc2F)cc1. The highest BCUT2D eigenvalue weighted by molar-refractivity contribution is 7.96. The Morgan fingerprint density at radius 2 is 1.76 bits per heavy atom. The Morgan fingerprint density at radius 3 is 2.31 bits per heavy atom. The van der Waals surface area contributed by atoms with E-state index in [1.807, 2.05) is 0 Å². The monoisotopic (exact) mass is 439 g/mol. The molecular weight excluding hydrogens is 421 g/mol. The van der Waals surface area contributed by atoms with Crippen molar-refractivity contribution in [3.63, 3.8) is 0 Å². The Bertz CT molecular complexity index is 1190. The molecule has 1 heterocycles. The van der Waals surface area contributed by atoms with Gasteiger partial charge in [-0.1, -0.05) is 0 Å². The van der Waals surface area contributed by atoms with Gasteiger partial charge >= 0.3 is 0 Å². The van der Waals surface area contributed by atoms with Crippen LogP contribution in [0.2, 0.25) is 0 Å². The van der Waals surface area contributed by atoms with E-state index in [0.29, 0.717) is 11.3 Å². The molecule has 3 rings (SSSR count). The molecule has 29 heavy (non-hydrogen) atoms. The number of carbonyl (C=O) groups excluding carboxylic acids is 2. The molecule has 10 heteroatoms. The van der Waals surface area contributed by atoms with E-state index in [1.54, 1.807) is 0 Å². The largest absolute Gasteiger partial charge is 0.322 e. The van der Waals surface area contributed by atoms with Gasteiger partial charge in [0, 0.05) is 11.3 Å². The van der Waals surface area contributed by atoms with Crippen LogP contribution >= 0.6 is 0 Å². The molecule has 0 spiro atoms. The van der Waals surface area contributed by atoms with Crippen LogP contribution in [0.15, 0.2) is 47.4 Å². The van der Waals surface area contributed by atoms with Crippen molar-refractivity contribution in [2.24, 2.45) is 0 Å². The number of amides is 1. The van der Waals surface area contributed by atoms with E-state index < -0.39 is 48.0 Å². The first-order chi connectivity index (χ1) is 13.5. The Balaban J connectivity index is 1.87. The lowest BCUT2D eigenvalue weighted by molar-refractivity contribution is 0.101. The average molecular weight is 439 g/mol. The molecule has 2 aromatic rings. The summed E-state index contributed by atoms with van der Waals surface area (Å²) in [4.78, 5) is 23.4. The fraction of sp³-hybridized carbons (Fsp3) is 0.263. The number of carbonyl (C=O) groups is 2. The predicted octanol–water partition coefficient (Wildman–Crippen LogP) is 2.24. The fourth-order valence-electron chi connectivity index (χ4n) is 3.04. The Morgan fingerprint density at radius 1 is 1.10 bits per heavy atom. The first-order valence-corrected chi connectivity index (χ1v) is 12.0. The summed E-state index contributed by atoms with van der Waals surface area (Å²) in [5.41, 5.74) is 0.255. The van der Waals surface area contributed by atoms with E-state index in [-0.39, 0.29) is 22.9 Å². The Labute approximate surface area is 167 Å². The van der Waals surface area contributed by atoms with Gasteiger partial charge in [0.15, 0.2) is 25.5 Å². The summed E-state index contributed by atoms with van der Waals surface area (Å²) >= 11 is 0. The zero-order chi connectivity index (χ0) is 21.4. The van der Waals surface area contributed by atoms with Crippen LogP contribution in [0.25, 0.3) is 0 Å². The predicted molar refractivity (Wildman–Crippen MR) is 105 cm³/mol. The molecule has 1 N–H and O–H groups in total. The number of rotatable bonds is 5. The van der Waals surface area contributed by atoms with Gasteiger partial charge in [-0.3, -0.25) is 9.59 Å². The van der Waals surface area contributed by atoms with E-state index >= 15 is 0 Å². The summed E-state index contributed by atoms with van der Waals surface area (Å²) in [5, 5.41) is 1.33. The minimum atomic E-state index is -4.03. The lowest BCUT2D eigenvalue weighted by atomic mass is 10.1. The first-order valence-electron chi connectivity index (χ1n) is 8.66. The molecule has 1 aliphatic rings. The molecule has 0 aromatic heterocycles. The normalized spacial score (nSPS) is 18.3. The molecule has 1 atom stereocenters. The summed E-state index contributed by atoms with van der Waals surface area (Å²) in [5.74, 6) is -2.64. The number of Topliss-reactive ketones (excluding diaryl/α,β-unsaturated/α-hetero) is 1. The molecule has 0 aliphatic carbocycles. The highest BCUT2D eigenvalue weighted by atomic mass is 32.2. The third-order valence-corrected chi connectivity index (χ3v) is 8.86. The van der Waals surface area contributed by atoms with Crippen molar-refractivity contribution < 1.29 is 30.8 Å². The third-order valence-electron chi connectivity index (χ3n) is 4.69. The number of halogens is 1. The van der Waals surface area contributed by atoms with Gasteiger partial charge in [0.25, 0.3) is 5.91 Å². The molecule has 1 aliphatic heterocycles. The van der Waals surface area contributed by atoms with Crippen molar-refractivity contribution in [3.8, 4) is 0 Å². The second kappa shape index (κ2) is 7.68. The quantitative estimate of drug-likeness (QED) is 0.564. The summed E-state index contributed by atoms with van der Waals surface area (Å²) < 4.78 is 62.8. The van der Waals surface area contributed by atoms with Gasteiger partial charge in [0.05, 0.1) is 27.2 Å². The number of hydrogen-bond acceptors (Lipinski definition) is 6. The van der Waals surface area contributed by atoms with Crippen molar-refractivity contribution in [1.29, 1.82) is 0 Å². The van der Waals surface area contributed by atoms with Crippen LogP contribution in [0.1, 0.15) is 34.1 Å². The molecule has 1 fully saturated rings. The lowest BCUT2D eigenvalue weighted by Gasteiger charge is -2.12. The van der Waals surface area contributed by atoms with Crippen molar-refractivity contribution in [2.45, 2.75) is 23.5 Å². The van der Waals surface area contributed by atoms with E-state index in [0.717, 1.165) is 18.2 Å². The van der Waals surface area contributed by atoms with Gasteiger partial charge in [-0.25, -0.2) is 21.2 Å². The van der Waals surface area contributed by atoms with Crippen molar-refractivity contribution in [2.75, 3.05) is 16.8 Å². The van der Waals surface area contributed by atoms with E-state index in [1.165, 1.54) is 31.2 Å². The molecular formula is C19H18FNO6S2. The molecule has 154 valence electrons. The molecule has 1 amide bonds. The topological polar surface area (TPSA) is 114 Å². The molecule has 0 saturated carbocycles. The zero-order valence-electron chi connectivity index (χ0n) is 15.4. The number of ketones is 1. The van der Waals surface area contributed by atoms with Crippen LogP contribution in [0.4, 0.5) is 10.1 Å². The van der Waals surface area contributed by atoms with Gasteiger partial charge in [0.2, 0.25) is 0 Å². The zero-order valence-corrected chi connectivity index (χ0v) is 17.0. The number of anilines is 1. The number of benzene rings is 2. The highest BCUT2D eigenvalue weighted by Crippen LogP contribution is 2.27. The van der Waals surface area contributed by atoms with Crippen LogP contribution in [-0.4, -0.2) is 45.3 Å². The van der Waals surface area contributed by atoms with Gasteiger partial charge < -0.3 is 5.32 Å². The standard InChI is InChI=1S/C19H18FNO6S2/c1-12(22)13-2-4-14(5-3-13)21-19(23)17-10-15(6-7-18(17)20)29(26,27)16-8-9-28(24,25)11-16/h2-7,10,16H,8-9,11H2,1H3,(H,21,23). The van der Waals surface area contributed by atoms with Crippen LogP contribution in [-0.2, 0) is 19.7 Å². The van der Waals surface area contributed by atoms with Crippen LogP contribution in [0.5, 0.6) is 0 Å². The van der Waals surface area contributed by atoms with E-state index in [2.05, 4.69) is 5.32 Å². The molecule has 2 aromatic carbocycles. The van der Waals surface area contributed by atoms with Gasteiger partial charge in [0.1, 0.15) is 5.82 Å². The first kappa shape index (κ1) is 21.1. The summed E-state index contributed by atoms with van der Waals surface area (Å²) in [6.07, 6.45) is -0.0356. The minimum absolute atomic E-state index is 0.0356. The van der Waals surface area contributed by atoms with Crippen LogP contribution in [0, 0.1) is 5.82 Å². The summed E-state index contributed by atoms with van der Waals surface area (Å²) in [6.45, 7) is 1.39. The minimum Gasteiger partial charge on any atom is -0.322 e. The molecule has 1 saturated heterocycles. The lowest BCUT2D eigenvalue weighted by Crippen LogP contribution is -2.23. The molecule has 7 nitrogen and oxygen atoms in total.